The van der Waals surface area contributed by atoms with Crippen LogP contribution in [0.25, 0.3) is 6.08 Å². The van der Waals surface area contributed by atoms with Crippen LogP contribution in [0.4, 0.5) is 0 Å². The Balaban J connectivity index is 2.00. The van der Waals surface area contributed by atoms with Crippen LogP contribution in [0.3, 0.4) is 0 Å². The van der Waals surface area contributed by atoms with Gasteiger partial charge in [0.05, 0.1) is 6.61 Å². The fourth-order valence-corrected chi connectivity index (χ4v) is 12.0. The topological polar surface area (TPSA) is 22.1 Å². The fourth-order valence-electron chi connectivity index (χ4n) is 6.75. The molecule has 2 fully saturated rings. The summed E-state index contributed by atoms with van der Waals surface area (Å²) in [5.41, 5.74) is 8.71. The summed E-state index contributed by atoms with van der Waals surface area (Å²) in [6, 6.07) is 4.16. The lowest BCUT2D eigenvalue weighted by Crippen LogP contribution is -2.43. The first-order valence-electron chi connectivity index (χ1n) is 11.9. The minimum Gasteiger partial charge on any atom is -0.380 e. The highest BCUT2D eigenvalue weighted by molar-refractivity contribution is 6.90. The van der Waals surface area contributed by atoms with Crippen molar-refractivity contribution < 1.29 is 4.74 Å². The van der Waals surface area contributed by atoms with Gasteiger partial charge in [-0.25, -0.2) is 0 Å². The maximum atomic E-state index is 5.68. The third kappa shape index (κ3) is 4.46. The molecular formula is C27H41NOSi. The molecule has 3 heteroatoms. The van der Waals surface area contributed by atoms with Crippen molar-refractivity contribution in [1.82, 2.24) is 4.98 Å². The molecule has 1 aromatic heterocycles. The zero-order valence-corrected chi connectivity index (χ0v) is 21.1. The highest BCUT2D eigenvalue weighted by Crippen LogP contribution is 2.55. The predicted molar refractivity (Wildman–Crippen MR) is 131 cm³/mol. The van der Waals surface area contributed by atoms with Gasteiger partial charge in [-0.2, -0.15) is 0 Å². The molecule has 0 N–H and O–H groups in total. The molecule has 3 rings (SSSR count). The number of fused-ring (bicyclic) bond motifs is 2. The van der Waals surface area contributed by atoms with Gasteiger partial charge in [0.2, 0.25) is 0 Å². The van der Waals surface area contributed by atoms with Gasteiger partial charge in [0, 0.05) is 25.4 Å². The number of rotatable bonds is 7. The number of pyridine rings is 1. The second-order valence-electron chi connectivity index (χ2n) is 10.5. The number of hydrogen-bond acceptors (Lipinski definition) is 2. The first-order valence-corrected chi connectivity index (χ1v) is 14.2. The minimum absolute atomic E-state index is 0.491. The monoisotopic (exact) mass is 423 g/mol. The van der Waals surface area contributed by atoms with Crippen molar-refractivity contribution in [2.75, 3.05) is 13.7 Å². The highest BCUT2D eigenvalue weighted by atomic mass is 28.3. The maximum absolute atomic E-state index is 5.68. The van der Waals surface area contributed by atoms with Crippen LogP contribution in [-0.2, 0) is 4.74 Å². The molecule has 2 nitrogen and oxygen atoms in total. The maximum Gasteiger partial charge on any atom is 0.145 e. The summed E-state index contributed by atoms with van der Waals surface area (Å²) in [4.78, 5) is 4.31. The third-order valence-corrected chi connectivity index (χ3v) is 14.3. The molecule has 2 saturated carbocycles. The molecule has 4 atom stereocenters. The molecule has 1 aromatic rings. The van der Waals surface area contributed by atoms with Crippen LogP contribution in [0, 0.1) is 35.1 Å². The quantitative estimate of drug-likeness (QED) is 0.348. The average molecular weight is 424 g/mol. The molecule has 2 aliphatic rings. The molecule has 2 aliphatic carbocycles. The number of aromatic nitrogens is 1. The van der Waals surface area contributed by atoms with Crippen molar-refractivity contribution in [1.29, 1.82) is 0 Å². The van der Waals surface area contributed by atoms with E-state index < -0.39 is 8.07 Å². The Hall–Kier alpha value is -1.37. The van der Waals surface area contributed by atoms with Crippen LogP contribution in [0.2, 0.25) is 16.6 Å². The van der Waals surface area contributed by atoms with Crippen LogP contribution >= 0.6 is 0 Å². The summed E-state index contributed by atoms with van der Waals surface area (Å²) in [5.74, 6) is 6.53. The van der Waals surface area contributed by atoms with Crippen LogP contribution < -0.4 is 0 Å². The van der Waals surface area contributed by atoms with E-state index in [1.807, 2.05) is 25.6 Å². The Kier molecular flexibility index (Phi) is 7.64. The minimum atomic E-state index is -1.70. The van der Waals surface area contributed by atoms with Crippen molar-refractivity contribution in [2.45, 2.75) is 77.4 Å². The van der Waals surface area contributed by atoms with Gasteiger partial charge < -0.3 is 4.74 Å². The third-order valence-electron chi connectivity index (χ3n) is 8.01. The lowest BCUT2D eigenvalue weighted by molar-refractivity contribution is 0.199. The van der Waals surface area contributed by atoms with Gasteiger partial charge in [0.15, 0.2) is 0 Å². The molecule has 0 saturated heterocycles. The summed E-state index contributed by atoms with van der Waals surface area (Å²) >= 11 is 0. The second kappa shape index (κ2) is 9.84. The Labute approximate surface area is 185 Å². The first-order chi connectivity index (χ1) is 14.3. The standard InChI is InChI=1S/C27H41NOSi/c1-19(2)30(20(3)4,21(5)6)14-12-26-23-10-11-24(16-23)27(26)25(18-29-7)15-22-9-8-13-28-17-22/h8-9,13,15,17,19-21,23-24,26-27H,10-11,16,18H2,1-7H3/b25-15+/t23-,24+,26+,27+/m1/s1. The molecule has 0 unspecified atom stereocenters. The van der Waals surface area contributed by atoms with Gasteiger partial charge >= 0.3 is 0 Å². The van der Waals surface area contributed by atoms with Crippen LogP contribution in [0.15, 0.2) is 30.1 Å². The smallest absolute Gasteiger partial charge is 0.145 e. The highest BCUT2D eigenvalue weighted by Gasteiger charge is 2.49. The average Bonchev–Trinajstić information content (AvgIpc) is 3.30. The van der Waals surface area contributed by atoms with E-state index in [0.29, 0.717) is 35.1 Å². The van der Waals surface area contributed by atoms with E-state index in [-0.39, 0.29) is 0 Å². The Morgan fingerprint density at radius 2 is 1.80 bits per heavy atom. The molecule has 0 spiro atoms. The van der Waals surface area contributed by atoms with Gasteiger partial charge in [0.25, 0.3) is 0 Å². The Bertz CT molecular complexity index is 764. The van der Waals surface area contributed by atoms with Crippen molar-refractivity contribution in [3.8, 4) is 11.5 Å². The van der Waals surface area contributed by atoms with Crippen LogP contribution in [0.5, 0.6) is 0 Å². The predicted octanol–water partition coefficient (Wildman–Crippen LogP) is 7.00. The van der Waals surface area contributed by atoms with E-state index in [0.717, 1.165) is 11.8 Å². The molecule has 0 aliphatic heterocycles. The number of ether oxygens (including phenoxy) is 1. The molecular weight excluding hydrogens is 382 g/mol. The normalized spacial score (nSPS) is 26.5. The number of methoxy groups -OCH3 is 1. The van der Waals surface area contributed by atoms with Gasteiger partial charge in [-0.1, -0.05) is 53.7 Å². The molecule has 164 valence electrons. The van der Waals surface area contributed by atoms with Crippen molar-refractivity contribution in [3.05, 3.63) is 35.7 Å². The summed E-state index contributed by atoms with van der Waals surface area (Å²) < 4.78 is 5.68. The van der Waals surface area contributed by atoms with Gasteiger partial charge in [-0.05, 0) is 70.8 Å². The molecule has 0 amide bonds. The second-order valence-corrected chi connectivity index (χ2v) is 16.1. The van der Waals surface area contributed by atoms with E-state index in [1.54, 1.807) is 0 Å². The summed E-state index contributed by atoms with van der Waals surface area (Å²) in [5, 5.41) is 0. The zero-order chi connectivity index (χ0) is 21.9. The van der Waals surface area contributed by atoms with Crippen LogP contribution in [0.1, 0.15) is 66.4 Å². The molecule has 0 radical (unpaired) electrons. The molecule has 2 bridgehead atoms. The lowest BCUT2D eigenvalue weighted by Gasteiger charge is -2.38. The summed E-state index contributed by atoms with van der Waals surface area (Å²) in [6.45, 7) is 15.2. The molecule has 30 heavy (non-hydrogen) atoms. The number of hydrogen-bond donors (Lipinski definition) is 0. The van der Waals surface area contributed by atoms with Crippen molar-refractivity contribution in [3.63, 3.8) is 0 Å². The Morgan fingerprint density at radius 3 is 2.37 bits per heavy atom. The SMILES string of the molecule is COC/C(=C\c1cccnc1)[C@@H]1[C@H]2CC[C@H](C2)[C@@H]1C#C[Si](C(C)C)(C(C)C)C(C)C. The van der Waals surface area contributed by atoms with Crippen LogP contribution in [-0.4, -0.2) is 26.8 Å². The molecule has 1 heterocycles. The largest absolute Gasteiger partial charge is 0.380 e. The van der Waals surface area contributed by atoms with E-state index >= 15 is 0 Å². The van der Waals surface area contributed by atoms with Gasteiger partial charge in [-0.3, -0.25) is 4.98 Å². The lowest BCUT2D eigenvalue weighted by atomic mass is 9.75. The van der Waals surface area contributed by atoms with E-state index in [2.05, 4.69) is 70.1 Å². The molecule has 0 aromatic carbocycles. The zero-order valence-electron chi connectivity index (χ0n) is 20.1. The first kappa shape index (κ1) is 23.3. The summed E-state index contributed by atoms with van der Waals surface area (Å²) in [6.07, 6.45) is 10.2. The van der Waals surface area contributed by atoms with E-state index in [1.165, 1.54) is 30.4 Å². The van der Waals surface area contributed by atoms with Gasteiger partial charge in [0.1, 0.15) is 8.07 Å². The van der Waals surface area contributed by atoms with E-state index in [4.69, 9.17) is 4.74 Å². The van der Waals surface area contributed by atoms with Crippen molar-refractivity contribution in [2.24, 2.45) is 23.7 Å². The summed E-state index contributed by atoms with van der Waals surface area (Å²) in [7, 11) is 0.117. The number of nitrogens with zero attached hydrogens (tertiary/aromatic N) is 1. The Morgan fingerprint density at radius 1 is 1.13 bits per heavy atom. The van der Waals surface area contributed by atoms with Gasteiger partial charge in [-0.15, -0.1) is 11.5 Å². The van der Waals surface area contributed by atoms with E-state index in [9.17, 15) is 0 Å². The van der Waals surface area contributed by atoms with Crippen molar-refractivity contribution >= 4 is 14.1 Å². The fraction of sp³-hybridized carbons (Fsp3) is 0.667.